The van der Waals surface area contributed by atoms with E-state index in [0.29, 0.717) is 6.41 Å². The summed E-state index contributed by atoms with van der Waals surface area (Å²) in [5, 5.41) is 8.60. The molecule has 3 nitrogen and oxygen atoms in total. The van der Waals surface area contributed by atoms with Crippen LogP contribution in [0.3, 0.4) is 0 Å². The van der Waals surface area contributed by atoms with E-state index in [2.05, 4.69) is 17.2 Å². The number of amides is 1. The summed E-state index contributed by atoms with van der Waals surface area (Å²) in [6, 6.07) is 0. The molecular weight excluding hydrogens is 342 g/mol. The van der Waals surface area contributed by atoms with Gasteiger partial charge in [0.15, 0.2) is 0 Å². The second-order valence-corrected chi connectivity index (χ2v) is 0.926. The minimum absolute atomic E-state index is 0. The maximum Gasteiger partial charge on any atom is 0.206 e. The molecule has 0 bridgehead atoms. The Morgan fingerprint density at radius 3 is 2.89 bits per heavy atom. The van der Waals surface area contributed by atoms with E-state index in [0.717, 1.165) is 0 Å². The maximum absolute atomic E-state index is 9.52. The monoisotopic (exact) mass is 347 g/mol. The van der Waals surface area contributed by atoms with Gasteiger partial charge in [-0.25, -0.2) is 0 Å². The van der Waals surface area contributed by atoms with E-state index in [1.807, 2.05) is 6.21 Å². The fourth-order valence-electron chi connectivity index (χ4n) is 0.181. The van der Waals surface area contributed by atoms with Gasteiger partial charge in [0.2, 0.25) is 6.41 Å². The first kappa shape index (κ1) is 11.5. The molecule has 0 aromatic carbocycles. The smallest absolute Gasteiger partial charge is 0.206 e. The predicted molar refractivity (Wildman–Crippen MR) is 29.6 cm³/mol. The van der Waals surface area contributed by atoms with E-state index in [9.17, 15) is 4.79 Å². The van der Waals surface area contributed by atoms with Crippen molar-refractivity contribution < 1.29 is 35.9 Å². The Bertz CT molecular complexity index is 136. The van der Waals surface area contributed by atoms with Gasteiger partial charge in [0.1, 0.15) is 0 Å². The Morgan fingerprint density at radius 1 is 1.78 bits per heavy atom. The van der Waals surface area contributed by atoms with Crippen molar-refractivity contribution >= 4 is 12.6 Å². The quantitative estimate of drug-likeness (QED) is 0.223. The second kappa shape index (κ2) is 10.7. The van der Waals surface area contributed by atoms with Crippen molar-refractivity contribution in [1.29, 1.82) is 5.41 Å². The molecule has 0 unspecified atom stereocenters. The molecule has 0 aromatic heterocycles. The summed E-state index contributed by atoms with van der Waals surface area (Å²) >= 11 is 0. The van der Waals surface area contributed by atoms with E-state index < -0.39 is 0 Å². The molecule has 0 aromatic rings. The molecule has 1 amide bonds. The van der Waals surface area contributed by atoms with Crippen LogP contribution < -0.4 is 5.32 Å². The van der Waals surface area contributed by atoms with E-state index in [1.165, 1.54) is 0 Å². The van der Waals surface area contributed by atoms with Crippen molar-refractivity contribution in [3.63, 3.8) is 0 Å². The Morgan fingerprint density at radius 2 is 2.44 bits per heavy atom. The van der Waals surface area contributed by atoms with Crippen LogP contribution in [0.2, 0.25) is 0 Å². The molecule has 0 rings (SSSR count). The Balaban J connectivity index is 0. The largest absolute Gasteiger partial charge is 0.403 e. The molecule has 0 radical (unpaired) electrons. The molecular formula is C5H5N2OU-. The number of carbonyl (C=O) groups is 1. The zero-order valence-corrected chi connectivity index (χ0v) is 8.86. The summed E-state index contributed by atoms with van der Waals surface area (Å²) in [4.78, 5) is 9.52. The van der Waals surface area contributed by atoms with E-state index in [1.54, 1.807) is 0 Å². The molecule has 0 spiro atoms. The van der Waals surface area contributed by atoms with Crippen LogP contribution in [0.5, 0.6) is 0 Å². The van der Waals surface area contributed by atoms with E-state index in [4.69, 9.17) is 5.41 Å². The molecule has 0 aliphatic carbocycles. The first-order valence-corrected chi connectivity index (χ1v) is 1.98. The van der Waals surface area contributed by atoms with Crippen molar-refractivity contribution in [2.45, 2.75) is 0 Å². The van der Waals surface area contributed by atoms with Gasteiger partial charge in [-0.1, -0.05) is 0 Å². The van der Waals surface area contributed by atoms with E-state index in [-0.39, 0.29) is 37.7 Å². The topological polar surface area (TPSA) is 53.0 Å². The standard InChI is InChI=1S/C5H5N2O.U/c6-3-1-2-4-7-5-8;/h5-6H,4H2,(H,7,8);/q-1;. The van der Waals surface area contributed by atoms with Gasteiger partial charge in [0.25, 0.3) is 0 Å². The second-order valence-electron chi connectivity index (χ2n) is 0.926. The normalized spacial score (nSPS) is 5.33. The summed E-state index contributed by atoms with van der Waals surface area (Å²) in [6.07, 6.45) is 2.41. The molecule has 0 saturated carbocycles. The predicted octanol–water partition coefficient (Wildman–Crippen LogP) is -0.738. The van der Waals surface area contributed by atoms with Gasteiger partial charge in [0, 0.05) is 31.1 Å². The summed E-state index contributed by atoms with van der Waals surface area (Å²) in [6.45, 7) is 0.287. The maximum atomic E-state index is 9.52. The van der Waals surface area contributed by atoms with Crippen molar-refractivity contribution in [3.8, 4) is 11.8 Å². The van der Waals surface area contributed by atoms with Gasteiger partial charge in [-0.15, -0.1) is 6.21 Å². The van der Waals surface area contributed by atoms with Crippen LogP contribution in [-0.2, 0) is 4.79 Å². The zero-order chi connectivity index (χ0) is 6.24. The molecule has 0 heterocycles. The summed E-state index contributed by atoms with van der Waals surface area (Å²) in [7, 11) is 0. The Kier molecular flexibility index (Phi) is 13.7. The number of rotatable bonds is 2. The molecule has 2 N–H and O–H groups in total. The van der Waals surface area contributed by atoms with Crippen molar-refractivity contribution in [2.75, 3.05) is 6.54 Å². The molecule has 0 aliphatic rings. The Labute approximate surface area is 77.5 Å². The average molecular weight is 347 g/mol. The number of hydrogen-bond acceptors (Lipinski definition) is 2. The van der Waals surface area contributed by atoms with Gasteiger partial charge in [-0.05, 0) is 6.54 Å². The van der Waals surface area contributed by atoms with Crippen LogP contribution in [0.1, 0.15) is 0 Å². The Hall–Kier alpha value is -0.248. The van der Waals surface area contributed by atoms with Crippen molar-refractivity contribution in [1.82, 2.24) is 5.32 Å². The van der Waals surface area contributed by atoms with Crippen LogP contribution in [0, 0.1) is 48.4 Å². The third kappa shape index (κ3) is 11.4. The van der Waals surface area contributed by atoms with E-state index >= 15 is 0 Å². The first-order chi connectivity index (χ1) is 3.91. The molecule has 0 aliphatic heterocycles. The first-order valence-electron chi connectivity index (χ1n) is 1.98. The van der Waals surface area contributed by atoms with Crippen molar-refractivity contribution in [2.24, 2.45) is 0 Å². The number of nitrogens with one attached hydrogen (secondary N) is 2. The van der Waals surface area contributed by atoms with Crippen LogP contribution in [0.15, 0.2) is 0 Å². The van der Waals surface area contributed by atoms with Crippen LogP contribution in [-0.4, -0.2) is 19.2 Å². The average Bonchev–Trinajstić information content (AvgIpc) is 1.81. The number of carbonyl (C=O) groups excluding carboxylic acids is 1. The molecule has 0 fully saturated rings. The fourth-order valence-corrected chi connectivity index (χ4v) is 0.181. The minimum Gasteiger partial charge on any atom is -0.403 e. The van der Waals surface area contributed by atoms with Gasteiger partial charge < -0.3 is 16.6 Å². The van der Waals surface area contributed by atoms with Crippen molar-refractivity contribution in [3.05, 3.63) is 0 Å². The summed E-state index contributed by atoms with van der Waals surface area (Å²) in [5.74, 6) is 4.67. The third-order valence-corrected chi connectivity index (χ3v) is 0.425. The summed E-state index contributed by atoms with van der Waals surface area (Å²) in [5.41, 5.74) is 0. The summed E-state index contributed by atoms with van der Waals surface area (Å²) < 4.78 is 0. The molecule has 9 heavy (non-hydrogen) atoms. The number of hydrogen-bond donors (Lipinski definition) is 2. The van der Waals surface area contributed by atoms with Crippen LogP contribution in [0.25, 0.3) is 0 Å². The molecule has 0 saturated heterocycles. The third-order valence-electron chi connectivity index (χ3n) is 0.425. The van der Waals surface area contributed by atoms with Gasteiger partial charge in [-0.3, -0.25) is 10.7 Å². The van der Waals surface area contributed by atoms with Crippen LogP contribution in [0.4, 0.5) is 0 Å². The molecule has 0 atom stereocenters. The minimum atomic E-state index is 0. The SMILES string of the molecule is N=[C-]C#CCNC=O.[U]. The zero-order valence-electron chi connectivity index (χ0n) is 4.69. The van der Waals surface area contributed by atoms with Gasteiger partial charge in [0.05, 0.1) is 0 Å². The van der Waals surface area contributed by atoms with Crippen LogP contribution >= 0.6 is 0 Å². The molecule has 4 heteroatoms. The van der Waals surface area contributed by atoms with Gasteiger partial charge in [-0.2, -0.15) is 0 Å². The molecule has 46 valence electrons. The fraction of sp³-hybridized carbons (Fsp3) is 0.200. The van der Waals surface area contributed by atoms with Gasteiger partial charge >= 0.3 is 0 Å².